The molecule has 0 bridgehead atoms. The van der Waals surface area contributed by atoms with Crippen LogP contribution < -0.4 is 0 Å². The number of rotatable bonds is 22. The highest BCUT2D eigenvalue weighted by atomic mass is 31.1. The molecule has 0 amide bonds. The van der Waals surface area contributed by atoms with Gasteiger partial charge in [0.1, 0.15) is 0 Å². The Labute approximate surface area is 197 Å². The molecule has 0 fully saturated rings. The van der Waals surface area contributed by atoms with Gasteiger partial charge in [0.15, 0.2) is 0 Å². The van der Waals surface area contributed by atoms with Crippen LogP contribution in [-0.2, 0) is 4.74 Å². The molecule has 31 heavy (non-hydrogen) atoms. The number of ether oxygens (including phenoxy) is 1. The molecular formula is C27H57O3P. The summed E-state index contributed by atoms with van der Waals surface area (Å²) < 4.78 is 3.96. The summed E-state index contributed by atoms with van der Waals surface area (Å²) in [6.07, 6.45) is 30.0. The molecule has 1 N–H and O–H groups in total. The summed E-state index contributed by atoms with van der Waals surface area (Å²) in [5, 5.41) is 7.69. The highest BCUT2D eigenvalue weighted by molar-refractivity contribution is 7.57. The van der Waals surface area contributed by atoms with E-state index >= 15 is 0 Å². The normalized spacial score (nSPS) is 10.7. The Hall–Kier alpha value is -0.300. The van der Waals surface area contributed by atoms with Crippen molar-refractivity contribution in [3.8, 4) is 0 Å². The third kappa shape index (κ3) is 32.0. The second-order valence-electron chi connectivity index (χ2n) is 8.84. The molecule has 3 nitrogen and oxygen atoms in total. The molecule has 0 unspecified atom stereocenters. The lowest BCUT2D eigenvalue weighted by Gasteiger charge is -2.18. The van der Waals surface area contributed by atoms with Gasteiger partial charge in [-0.2, -0.15) is 0 Å². The molecule has 0 aliphatic carbocycles. The molecule has 0 aliphatic heterocycles. The SMILES string of the molecule is CCCCCCCCP(CCCCCCCC)CCCCCCCC.CCOC(=O)O. The fourth-order valence-electron chi connectivity index (χ4n) is 3.81. The van der Waals surface area contributed by atoms with Crippen molar-refractivity contribution in [1.29, 1.82) is 0 Å². The monoisotopic (exact) mass is 460 g/mol. The van der Waals surface area contributed by atoms with Crippen molar-refractivity contribution in [3.05, 3.63) is 0 Å². The average molecular weight is 461 g/mol. The van der Waals surface area contributed by atoms with E-state index in [0.29, 0.717) is 7.92 Å². The Morgan fingerprint density at radius 1 is 0.548 bits per heavy atom. The minimum absolute atomic E-state index is 0.231. The minimum atomic E-state index is -1.21. The zero-order valence-electron chi connectivity index (χ0n) is 21.8. The predicted octanol–water partition coefficient (Wildman–Crippen LogP) is 10.3. The Kier molecular flexibility index (Phi) is 31.5. The van der Waals surface area contributed by atoms with Crippen LogP contribution >= 0.6 is 7.92 Å². The summed E-state index contributed by atoms with van der Waals surface area (Å²) in [6.45, 7) is 8.81. The van der Waals surface area contributed by atoms with Gasteiger partial charge in [-0.25, -0.2) is 4.79 Å². The van der Waals surface area contributed by atoms with Gasteiger partial charge in [0.05, 0.1) is 6.61 Å². The minimum Gasteiger partial charge on any atom is -0.450 e. The van der Waals surface area contributed by atoms with Gasteiger partial charge in [-0.1, -0.05) is 117 Å². The highest BCUT2D eigenvalue weighted by Crippen LogP contribution is 2.39. The van der Waals surface area contributed by atoms with Crippen LogP contribution in [0, 0.1) is 0 Å². The Bertz CT molecular complexity index is 298. The van der Waals surface area contributed by atoms with Crippen molar-refractivity contribution in [1.82, 2.24) is 0 Å². The maximum atomic E-state index is 9.38. The summed E-state index contributed by atoms with van der Waals surface area (Å²) in [5.41, 5.74) is 0. The quantitative estimate of drug-likeness (QED) is 0.0992. The van der Waals surface area contributed by atoms with Gasteiger partial charge in [0.2, 0.25) is 0 Å². The van der Waals surface area contributed by atoms with Crippen LogP contribution in [0.15, 0.2) is 0 Å². The van der Waals surface area contributed by atoms with Crippen molar-refractivity contribution in [3.63, 3.8) is 0 Å². The number of unbranched alkanes of at least 4 members (excludes halogenated alkanes) is 15. The van der Waals surface area contributed by atoms with E-state index in [-0.39, 0.29) is 6.61 Å². The van der Waals surface area contributed by atoms with E-state index in [9.17, 15) is 4.79 Å². The van der Waals surface area contributed by atoms with E-state index in [2.05, 4.69) is 25.5 Å². The smallest absolute Gasteiger partial charge is 0.450 e. The van der Waals surface area contributed by atoms with Crippen LogP contribution in [0.5, 0.6) is 0 Å². The molecule has 0 aromatic carbocycles. The summed E-state index contributed by atoms with van der Waals surface area (Å²) in [7, 11) is 0.366. The van der Waals surface area contributed by atoms with Crippen LogP contribution in [0.25, 0.3) is 0 Å². The molecule has 0 aromatic rings. The first kappa shape index (κ1) is 32.9. The predicted molar refractivity (Wildman–Crippen MR) is 141 cm³/mol. The molecule has 0 heterocycles. The van der Waals surface area contributed by atoms with Crippen LogP contribution in [0.3, 0.4) is 0 Å². The maximum Gasteiger partial charge on any atom is 0.505 e. The third-order valence-corrected chi connectivity index (χ3v) is 8.60. The molecule has 0 radical (unpaired) electrons. The van der Waals surface area contributed by atoms with Gasteiger partial charge < -0.3 is 9.84 Å². The van der Waals surface area contributed by atoms with Crippen molar-refractivity contribution < 1.29 is 14.6 Å². The molecule has 0 aliphatic rings. The molecule has 0 aromatic heterocycles. The lowest BCUT2D eigenvalue weighted by molar-refractivity contribution is 0.0966. The number of hydrogen-bond donors (Lipinski definition) is 1. The van der Waals surface area contributed by atoms with Crippen LogP contribution in [-0.4, -0.2) is 36.4 Å². The van der Waals surface area contributed by atoms with E-state index in [0.717, 1.165) is 0 Å². The average Bonchev–Trinajstić information content (AvgIpc) is 2.75. The summed E-state index contributed by atoms with van der Waals surface area (Å²) in [4.78, 5) is 9.38. The van der Waals surface area contributed by atoms with Gasteiger partial charge in [0.25, 0.3) is 0 Å². The van der Waals surface area contributed by atoms with Gasteiger partial charge >= 0.3 is 6.16 Å². The maximum absolute atomic E-state index is 9.38. The van der Waals surface area contributed by atoms with Gasteiger partial charge in [-0.3, -0.25) is 0 Å². The fourth-order valence-corrected chi connectivity index (χ4v) is 6.49. The fraction of sp³-hybridized carbons (Fsp3) is 0.963. The Morgan fingerprint density at radius 2 is 0.839 bits per heavy atom. The highest BCUT2D eigenvalue weighted by Gasteiger charge is 2.07. The van der Waals surface area contributed by atoms with Crippen molar-refractivity contribution in [2.24, 2.45) is 0 Å². The zero-order valence-corrected chi connectivity index (χ0v) is 22.7. The molecule has 0 spiro atoms. The second-order valence-corrected chi connectivity index (χ2v) is 11.5. The zero-order chi connectivity index (χ0) is 23.4. The Morgan fingerprint density at radius 3 is 1.06 bits per heavy atom. The summed E-state index contributed by atoms with van der Waals surface area (Å²) in [6, 6.07) is 0. The molecule has 0 saturated heterocycles. The van der Waals surface area contributed by atoms with E-state index in [4.69, 9.17) is 5.11 Å². The molecule has 0 atom stereocenters. The molecule has 4 heteroatoms. The van der Waals surface area contributed by atoms with E-state index in [1.807, 2.05) is 0 Å². The lowest BCUT2D eigenvalue weighted by Crippen LogP contribution is -1.97. The first-order valence-corrected chi connectivity index (χ1v) is 15.6. The van der Waals surface area contributed by atoms with Crippen molar-refractivity contribution in [2.45, 2.75) is 143 Å². The van der Waals surface area contributed by atoms with Crippen LogP contribution in [0.4, 0.5) is 4.79 Å². The molecule has 188 valence electrons. The topological polar surface area (TPSA) is 46.5 Å². The second kappa shape index (κ2) is 29.7. The van der Waals surface area contributed by atoms with Crippen LogP contribution in [0.2, 0.25) is 0 Å². The lowest BCUT2D eigenvalue weighted by atomic mass is 10.1. The van der Waals surface area contributed by atoms with E-state index < -0.39 is 6.16 Å². The molecule has 0 rings (SSSR count). The molecule has 0 saturated carbocycles. The van der Waals surface area contributed by atoms with E-state index in [1.165, 1.54) is 116 Å². The van der Waals surface area contributed by atoms with E-state index in [1.54, 1.807) is 25.4 Å². The molecular weight excluding hydrogens is 403 g/mol. The number of carbonyl (C=O) groups is 1. The summed E-state index contributed by atoms with van der Waals surface area (Å²) >= 11 is 0. The summed E-state index contributed by atoms with van der Waals surface area (Å²) in [5.74, 6) is 0. The largest absolute Gasteiger partial charge is 0.505 e. The van der Waals surface area contributed by atoms with Crippen molar-refractivity contribution in [2.75, 3.05) is 25.1 Å². The first-order chi connectivity index (χ1) is 15.1. The van der Waals surface area contributed by atoms with Gasteiger partial charge in [-0.15, -0.1) is 7.92 Å². The number of hydrogen-bond acceptors (Lipinski definition) is 2. The first-order valence-electron chi connectivity index (χ1n) is 13.7. The third-order valence-electron chi connectivity index (χ3n) is 5.75. The van der Waals surface area contributed by atoms with Gasteiger partial charge in [0, 0.05) is 0 Å². The Balaban J connectivity index is 0. The van der Waals surface area contributed by atoms with Crippen LogP contribution in [0.1, 0.15) is 143 Å². The van der Waals surface area contributed by atoms with Gasteiger partial charge in [-0.05, 0) is 44.7 Å². The standard InChI is InChI=1S/C24H51P.C3H6O3/c1-4-7-10-13-16-19-22-25(23-20-17-14-11-8-5-2)24-21-18-15-12-9-6-3;1-2-6-3(4)5/h4-24H2,1-3H3;2H2,1H3,(H,4,5). The van der Waals surface area contributed by atoms with Crippen molar-refractivity contribution >= 4 is 14.1 Å². The number of carboxylic acid groups (broad SMARTS) is 1.